The molecule has 3 aromatic carbocycles. The Bertz CT molecular complexity index is 991. The van der Waals surface area contributed by atoms with Gasteiger partial charge in [0.2, 0.25) is 0 Å². The van der Waals surface area contributed by atoms with Crippen molar-refractivity contribution >= 4 is 15.9 Å². The van der Waals surface area contributed by atoms with Gasteiger partial charge in [-0.3, -0.25) is 4.79 Å². The van der Waals surface area contributed by atoms with E-state index < -0.39 is 10.1 Å². The minimum absolute atomic E-state index is 0.0110. The van der Waals surface area contributed by atoms with E-state index in [1.54, 1.807) is 60.7 Å². The van der Waals surface area contributed by atoms with Crippen LogP contribution in [0.2, 0.25) is 0 Å². The quantitative estimate of drug-likeness (QED) is 0.514. The molecule has 0 unspecified atom stereocenters. The van der Waals surface area contributed by atoms with Crippen LogP contribution in [0.4, 0.5) is 0 Å². The van der Waals surface area contributed by atoms with Crippen LogP contribution in [0, 0.1) is 6.92 Å². The molecule has 3 rings (SSSR count). The lowest BCUT2D eigenvalue weighted by atomic mass is 10.0. The van der Waals surface area contributed by atoms with Gasteiger partial charge in [0.1, 0.15) is 4.90 Å². The standard InChI is InChI=1S/C20H16O4S/c1-15-11-13-17(14-12-15)25(22,23)24-19-10-6-5-9-18(19)20(21)16-7-3-2-4-8-16/h2-14H,1H3. The minimum atomic E-state index is -4.02. The number of hydrogen-bond donors (Lipinski definition) is 0. The molecule has 0 aromatic heterocycles. The third kappa shape index (κ3) is 3.78. The Labute approximate surface area is 146 Å². The molecule has 0 aliphatic rings. The first kappa shape index (κ1) is 16.9. The number of para-hydroxylation sites is 1. The van der Waals surface area contributed by atoms with Gasteiger partial charge in [0.15, 0.2) is 11.5 Å². The van der Waals surface area contributed by atoms with Gasteiger partial charge in [0, 0.05) is 5.56 Å². The van der Waals surface area contributed by atoms with E-state index in [4.69, 9.17) is 4.18 Å². The zero-order valence-electron chi connectivity index (χ0n) is 13.5. The van der Waals surface area contributed by atoms with Crippen LogP contribution < -0.4 is 4.18 Å². The Balaban J connectivity index is 1.96. The molecule has 0 N–H and O–H groups in total. The summed E-state index contributed by atoms with van der Waals surface area (Å²) >= 11 is 0. The SMILES string of the molecule is Cc1ccc(S(=O)(=O)Oc2ccccc2C(=O)c2ccccc2)cc1. The second kappa shape index (κ2) is 6.91. The molecule has 0 heterocycles. The van der Waals surface area contributed by atoms with Crippen LogP contribution in [0.1, 0.15) is 21.5 Å². The first-order valence-corrected chi connectivity index (χ1v) is 9.08. The molecule has 0 amide bonds. The maximum absolute atomic E-state index is 12.7. The third-order valence-electron chi connectivity index (χ3n) is 3.68. The van der Waals surface area contributed by atoms with Crippen molar-refractivity contribution < 1.29 is 17.4 Å². The van der Waals surface area contributed by atoms with Gasteiger partial charge in [-0.15, -0.1) is 0 Å². The molecule has 0 bridgehead atoms. The number of carbonyl (C=O) groups is 1. The van der Waals surface area contributed by atoms with Gasteiger partial charge in [-0.25, -0.2) is 0 Å². The summed E-state index contributed by atoms with van der Waals surface area (Å²) < 4.78 is 30.2. The minimum Gasteiger partial charge on any atom is -0.378 e. The summed E-state index contributed by atoms with van der Waals surface area (Å²) in [4.78, 5) is 12.7. The maximum atomic E-state index is 12.7. The highest BCUT2D eigenvalue weighted by molar-refractivity contribution is 7.87. The van der Waals surface area contributed by atoms with Crippen molar-refractivity contribution in [1.82, 2.24) is 0 Å². The van der Waals surface area contributed by atoms with Crippen LogP contribution in [0.3, 0.4) is 0 Å². The van der Waals surface area contributed by atoms with Crippen LogP contribution in [-0.2, 0) is 10.1 Å². The van der Waals surface area contributed by atoms with Gasteiger partial charge in [-0.05, 0) is 31.2 Å². The Morgan fingerprint density at radius 1 is 0.800 bits per heavy atom. The lowest BCUT2D eigenvalue weighted by Crippen LogP contribution is -2.13. The van der Waals surface area contributed by atoms with E-state index in [1.807, 2.05) is 6.92 Å². The average Bonchev–Trinajstić information content (AvgIpc) is 2.62. The van der Waals surface area contributed by atoms with Crippen molar-refractivity contribution in [2.24, 2.45) is 0 Å². The first-order valence-electron chi connectivity index (χ1n) is 7.67. The van der Waals surface area contributed by atoms with Gasteiger partial charge in [0.25, 0.3) is 0 Å². The number of ketones is 1. The molecule has 0 atom stereocenters. The lowest BCUT2D eigenvalue weighted by Gasteiger charge is -2.11. The normalized spacial score (nSPS) is 11.1. The highest BCUT2D eigenvalue weighted by atomic mass is 32.2. The molecule has 0 saturated heterocycles. The van der Waals surface area contributed by atoms with Crippen molar-refractivity contribution in [3.05, 3.63) is 95.6 Å². The van der Waals surface area contributed by atoms with E-state index in [2.05, 4.69) is 0 Å². The maximum Gasteiger partial charge on any atom is 0.339 e. The molecule has 25 heavy (non-hydrogen) atoms. The molecule has 126 valence electrons. The van der Waals surface area contributed by atoms with Crippen molar-refractivity contribution in [2.75, 3.05) is 0 Å². The molecule has 4 nitrogen and oxygen atoms in total. The second-order valence-electron chi connectivity index (χ2n) is 5.54. The van der Waals surface area contributed by atoms with E-state index in [0.29, 0.717) is 5.56 Å². The third-order valence-corrected chi connectivity index (χ3v) is 4.93. The van der Waals surface area contributed by atoms with E-state index in [1.165, 1.54) is 18.2 Å². The summed E-state index contributed by atoms with van der Waals surface area (Å²) in [6.45, 7) is 1.87. The molecular weight excluding hydrogens is 336 g/mol. The van der Waals surface area contributed by atoms with Crippen LogP contribution in [0.15, 0.2) is 83.8 Å². The smallest absolute Gasteiger partial charge is 0.339 e. The zero-order chi connectivity index (χ0) is 17.9. The molecule has 0 aliphatic heterocycles. The number of carbonyl (C=O) groups excluding carboxylic acids is 1. The highest BCUT2D eigenvalue weighted by Crippen LogP contribution is 2.25. The summed E-state index contributed by atoms with van der Waals surface area (Å²) in [6, 6.07) is 21.3. The predicted molar refractivity (Wildman–Crippen MR) is 95.3 cm³/mol. The topological polar surface area (TPSA) is 60.4 Å². The Morgan fingerprint density at radius 3 is 2.08 bits per heavy atom. The average molecular weight is 352 g/mol. The van der Waals surface area contributed by atoms with Crippen LogP contribution in [0.5, 0.6) is 5.75 Å². The van der Waals surface area contributed by atoms with Crippen molar-refractivity contribution in [3.63, 3.8) is 0 Å². The molecule has 0 saturated carbocycles. The summed E-state index contributed by atoms with van der Waals surface area (Å²) in [5.74, 6) is -0.285. The van der Waals surface area contributed by atoms with E-state index in [-0.39, 0.29) is 22.0 Å². The molecule has 0 fully saturated rings. The number of hydrogen-bond acceptors (Lipinski definition) is 4. The van der Waals surface area contributed by atoms with Crippen molar-refractivity contribution in [3.8, 4) is 5.75 Å². The molecular formula is C20H16O4S. The van der Waals surface area contributed by atoms with E-state index in [9.17, 15) is 13.2 Å². The Kier molecular flexibility index (Phi) is 4.67. The van der Waals surface area contributed by atoms with Gasteiger partial charge in [-0.1, -0.05) is 60.2 Å². The zero-order valence-corrected chi connectivity index (χ0v) is 14.4. The van der Waals surface area contributed by atoms with Crippen LogP contribution >= 0.6 is 0 Å². The summed E-state index contributed by atoms with van der Waals surface area (Å²) in [7, 11) is -4.02. The Hall–Kier alpha value is -2.92. The molecule has 3 aromatic rings. The van der Waals surface area contributed by atoms with Gasteiger partial charge in [0.05, 0.1) is 5.56 Å². The summed E-state index contributed by atoms with van der Waals surface area (Å²) in [5.41, 5.74) is 1.61. The molecule has 5 heteroatoms. The fraction of sp³-hybridized carbons (Fsp3) is 0.0500. The molecule has 0 spiro atoms. The van der Waals surface area contributed by atoms with Crippen LogP contribution in [-0.4, -0.2) is 14.2 Å². The fourth-order valence-corrected chi connectivity index (χ4v) is 3.29. The second-order valence-corrected chi connectivity index (χ2v) is 7.09. The largest absolute Gasteiger partial charge is 0.378 e. The van der Waals surface area contributed by atoms with Crippen LogP contribution in [0.25, 0.3) is 0 Å². The fourth-order valence-electron chi connectivity index (χ4n) is 2.34. The predicted octanol–water partition coefficient (Wildman–Crippen LogP) is 3.99. The molecule has 0 radical (unpaired) electrons. The van der Waals surface area contributed by atoms with Crippen molar-refractivity contribution in [1.29, 1.82) is 0 Å². The van der Waals surface area contributed by atoms with Gasteiger partial charge >= 0.3 is 10.1 Å². The Morgan fingerprint density at radius 2 is 1.40 bits per heavy atom. The van der Waals surface area contributed by atoms with E-state index in [0.717, 1.165) is 5.56 Å². The monoisotopic (exact) mass is 352 g/mol. The number of rotatable bonds is 5. The van der Waals surface area contributed by atoms with Gasteiger partial charge < -0.3 is 4.18 Å². The van der Waals surface area contributed by atoms with Crippen molar-refractivity contribution in [2.45, 2.75) is 11.8 Å². The first-order chi connectivity index (χ1) is 12.0. The van der Waals surface area contributed by atoms with E-state index >= 15 is 0 Å². The number of aryl methyl sites for hydroxylation is 1. The highest BCUT2D eigenvalue weighted by Gasteiger charge is 2.21. The number of benzene rings is 3. The summed E-state index contributed by atoms with van der Waals surface area (Å²) in [6.07, 6.45) is 0. The molecule has 0 aliphatic carbocycles. The van der Waals surface area contributed by atoms with Gasteiger partial charge in [-0.2, -0.15) is 8.42 Å². The summed E-state index contributed by atoms with van der Waals surface area (Å²) in [5, 5.41) is 0. The lowest BCUT2D eigenvalue weighted by molar-refractivity contribution is 0.103.